The van der Waals surface area contributed by atoms with Gasteiger partial charge in [-0.3, -0.25) is 4.79 Å². The van der Waals surface area contributed by atoms with Crippen LogP contribution in [0.25, 0.3) is 10.8 Å². The predicted molar refractivity (Wildman–Crippen MR) is 79.4 cm³/mol. The second-order valence-corrected chi connectivity index (χ2v) is 4.56. The van der Waals surface area contributed by atoms with Crippen molar-refractivity contribution in [3.05, 3.63) is 48.0 Å². The molecule has 19 heavy (non-hydrogen) atoms. The Morgan fingerprint density at radius 3 is 2.68 bits per heavy atom. The van der Waals surface area contributed by atoms with Crippen molar-refractivity contribution in [3.8, 4) is 0 Å². The maximum atomic E-state index is 12.1. The number of rotatable bonds is 4. The van der Waals surface area contributed by atoms with Crippen molar-refractivity contribution in [1.29, 1.82) is 0 Å². The molecule has 3 nitrogen and oxygen atoms in total. The topological polar surface area (TPSA) is 41.5 Å². The Morgan fingerprint density at radius 2 is 1.89 bits per heavy atom. The summed E-state index contributed by atoms with van der Waals surface area (Å²) in [7, 11) is 0. The molecule has 1 N–H and O–H groups in total. The summed E-state index contributed by atoms with van der Waals surface area (Å²) >= 11 is 0. The molecule has 0 radical (unpaired) electrons. The van der Waals surface area contributed by atoms with Gasteiger partial charge in [0.25, 0.3) is 5.91 Å². The average molecular weight is 254 g/mol. The highest BCUT2D eigenvalue weighted by molar-refractivity contribution is 6.07. The molecule has 2 aromatic rings. The Bertz CT molecular complexity index is 612. The second kappa shape index (κ2) is 6.14. The van der Waals surface area contributed by atoms with Gasteiger partial charge in [0.1, 0.15) is 0 Å². The van der Waals surface area contributed by atoms with Gasteiger partial charge in [-0.25, -0.2) is 5.43 Å². The van der Waals surface area contributed by atoms with Gasteiger partial charge in [-0.05, 0) is 30.2 Å². The summed E-state index contributed by atoms with van der Waals surface area (Å²) in [6, 6.07) is 13.6. The quantitative estimate of drug-likeness (QED) is 0.655. The summed E-state index contributed by atoms with van der Waals surface area (Å²) in [6.45, 7) is 4.01. The highest BCUT2D eigenvalue weighted by Gasteiger charge is 2.08. The van der Waals surface area contributed by atoms with Crippen molar-refractivity contribution in [2.24, 2.45) is 5.10 Å². The zero-order valence-electron chi connectivity index (χ0n) is 11.3. The summed E-state index contributed by atoms with van der Waals surface area (Å²) in [4.78, 5) is 12.1. The Kier molecular flexibility index (Phi) is 4.29. The van der Waals surface area contributed by atoms with Crippen molar-refractivity contribution in [3.63, 3.8) is 0 Å². The Labute approximate surface area is 113 Å². The molecule has 0 bridgehead atoms. The molecule has 0 fully saturated rings. The summed E-state index contributed by atoms with van der Waals surface area (Å²) in [6.07, 6.45) is 1.93. The first-order valence-corrected chi connectivity index (χ1v) is 6.53. The molecule has 0 unspecified atom stereocenters. The van der Waals surface area contributed by atoms with Crippen LogP contribution >= 0.6 is 0 Å². The van der Waals surface area contributed by atoms with Gasteiger partial charge in [-0.2, -0.15) is 5.10 Å². The van der Waals surface area contributed by atoms with E-state index >= 15 is 0 Å². The van der Waals surface area contributed by atoms with E-state index in [-0.39, 0.29) is 5.91 Å². The fraction of sp³-hybridized carbons (Fsp3) is 0.250. The molecule has 0 spiro atoms. The monoisotopic (exact) mass is 254 g/mol. The molecule has 0 aliphatic rings. The van der Waals surface area contributed by atoms with Crippen LogP contribution in [0.5, 0.6) is 0 Å². The molecule has 0 atom stereocenters. The third-order valence-electron chi connectivity index (χ3n) is 2.99. The molecule has 0 aliphatic carbocycles. The first-order chi connectivity index (χ1) is 9.22. The lowest BCUT2D eigenvalue weighted by Crippen LogP contribution is -2.19. The molecule has 0 saturated carbocycles. The lowest BCUT2D eigenvalue weighted by Gasteiger charge is -2.05. The molecule has 0 heterocycles. The first-order valence-electron chi connectivity index (χ1n) is 6.53. The van der Waals surface area contributed by atoms with Gasteiger partial charge >= 0.3 is 0 Å². The van der Waals surface area contributed by atoms with Crippen molar-refractivity contribution in [1.82, 2.24) is 5.43 Å². The van der Waals surface area contributed by atoms with Crippen LogP contribution in [0.15, 0.2) is 47.6 Å². The SMILES string of the molecule is CCC/C(C)=N/NC(=O)c1cccc2ccccc12. The van der Waals surface area contributed by atoms with Gasteiger partial charge in [0.15, 0.2) is 0 Å². The van der Waals surface area contributed by atoms with Crippen molar-refractivity contribution >= 4 is 22.4 Å². The van der Waals surface area contributed by atoms with Crippen LogP contribution in [0.4, 0.5) is 0 Å². The maximum Gasteiger partial charge on any atom is 0.271 e. The molecule has 0 aliphatic heterocycles. The van der Waals surface area contributed by atoms with Crippen molar-refractivity contribution < 1.29 is 4.79 Å². The van der Waals surface area contributed by atoms with E-state index in [1.54, 1.807) is 0 Å². The van der Waals surface area contributed by atoms with Gasteiger partial charge in [0.05, 0.1) is 0 Å². The van der Waals surface area contributed by atoms with Crippen molar-refractivity contribution in [2.75, 3.05) is 0 Å². The molecular formula is C16H18N2O. The van der Waals surface area contributed by atoms with Crippen LogP contribution in [0, 0.1) is 0 Å². The number of fused-ring (bicyclic) bond motifs is 1. The molecule has 1 amide bonds. The number of amides is 1. The number of carbonyl (C=O) groups excluding carboxylic acids is 1. The summed E-state index contributed by atoms with van der Waals surface area (Å²) in [5.41, 5.74) is 4.22. The van der Waals surface area contributed by atoms with Gasteiger partial charge in [-0.15, -0.1) is 0 Å². The fourth-order valence-electron chi connectivity index (χ4n) is 2.05. The Balaban J connectivity index is 2.25. The maximum absolute atomic E-state index is 12.1. The number of nitrogens with zero attached hydrogens (tertiary/aromatic N) is 1. The largest absolute Gasteiger partial charge is 0.271 e. The molecule has 98 valence electrons. The number of carbonyl (C=O) groups is 1. The molecule has 0 saturated heterocycles. The van der Waals surface area contributed by atoms with Gasteiger partial charge < -0.3 is 0 Å². The van der Waals surface area contributed by atoms with Crippen molar-refractivity contribution in [2.45, 2.75) is 26.7 Å². The third kappa shape index (κ3) is 3.19. The van der Waals surface area contributed by atoms with E-state index in [2.05, 4.69) is 17.5 Å². The van der Waals surface area contributed by atoms with E-state index in [1.165, 1.54) is 0 Å². The molecule has 2 aromatic carbocycles. The summed E-state index contributed by atoms with van der Waals surface area (Å²) in [5.74, 6) is -0.160. The van der Waals surface area contributed by atoms with Crippen LogP contribution < -0.4 is 5.43 Å². The van der Waals surface area contributed by atoms with E-state index in [9.17, 15) is 4.79 Å². The molecule has 0 aromatic heterocycles. The normalized spacial score (nSPS) is 11.6. The number of hydrogen-bond donors (Lipinski definition) is 1. The van der Waals surface area contributed by atoms with E-state index in [1.807, 2.05) is 49.4 Å². The lowest BCUT2D eigenvalue weighted by atomic mass is 10.0. The zero-order valence-corrected chi connectivity index (χ0v) is 11.3. The van der Waals surface area contributed by atoms with E-state index in [0.717, 1.165) is 29.3 Å². The highest BCUT2D eigenvalue weighted by atomic mass is 16.2. The predicted octanol–water partition coefficient (Wildman–Crippen LogP) is 3.75. The number of benzene rings is 2. The average Bonchev–Trinajstić information content (AvgIpc) is 2.44. The lowest BCUT2D eigenvalue weighted by molar-refractivity contribution is 0.0956. The summed E-state index contributed by atoms with van der Waals surface area (Å²) in [5, 5.41) is 6.12. The first kappa shape index (κ1) is 13.3. The minimum Gasteiger partial charge on any atom is -0.267 e. The highest BCUT2D eigenvalue weighted by Crippen LogP contribution is 2.18. The minimum atomic E-state index is -0.160. The number of hydrogen-bond acceptors (Lipinski definition) is 2. The molecule has 3 heteroatoms. The van der Waals surface area contributed by atoms with Gasteiger partial charge in [0.2, 0.25) is 0 Å². The van der Waals surface area contributed by atoms with Crippen LogP contribution in [-0.2, 0) is 0 Å². The van der Waals surface area contributed by atoms with Crippen LogP contribution in [-0.4, -0.2) is 11.6 Å². The second-order valence-electron chi connectivity index (χ2n) is 4.56. The van der Waals surface area contributed by atoms with Crippen LogP contribution in [0.1, 0.15) is 37.0 Å². The van der Waals surface area contributed by atoms with E-state index < -0.39 is 0 Å². The fourth-order valence-corrected chi connectivity index (χ4v) is 2.05. The van der Waals surface area contributed by atoms with E-state index in [4.69, 9.17) is 0 Å². The number of hydrazone groups is 1. The Hall–Kier alpha value is -2.16. The molecular weight excluding hydrogens is 236 g/mol. The van der Waals surface area contributed by atoms with E-state index in [0.29, 0.717) is 5.56 Å². The van der Waals surface area contributed by atoms with Gasteiger partial charge in [0, 0.05) is 11.3 Å². The van der Waals surface area contributed by atoms with Crippen LogP contribution in [0.3, 0.4) is 0 Å². The standard InChI is InChI=1S/C16H18N2O/c1-3-7-12(2)17-18-16(19)15-11-6-9-13-8-4-5-10-14(13)15/h4-6,8-11H,3,7H2,1-2H3,(H,18,19)/b17-12+. The third-order valence-corrected chi connectivity index (χ3v) is 2.99. The summed E-state index contributed by atoms with van der Waals surface area (Å²) < 4.78 is 0. The van der Waals surface area contributed by atoms with Gasteiger partial charge in [-0.1, -0.05) is 49.7 Å². The minimum absolute atomic E-state index is 0.160. The zero-order chi connectivity index (χ0) is 13.7. The smallest absolute Gasteiger partial charge is 0.267 e. The Morgan fingerprint density at radius 1 is 1.16 bits per heavy atom. The van der Waals surface area contributed by atoms with Crippen LogP contribution in [0.2, 0.25) is 0 Å². The molecule has 2 rings (SSSR count). The number of nitrogens with one attached hydrogen (secondary N) is 1.